The molecule has 5 rings (SSSR count). The second-order valence-corrected chi connectivity index (χ2v) is 8.72. The van der Waals surface area contributed by atoms with Crippen LogP contribution in [-0.2, 0) is 18.9 Å². The number of nitrogen functional groups attached to an aromatic ring is 1. The van der Waals surface area contributed by atoms with Gasteiger partial charge in [0, 0.05) is 19.6 Å². The van der Waals surface area contributed by atoms with Crippen molar-refractivity contribution in [3.05, 3.63) is 12.7 Å². The number of ether oxygens (including phenoxy) is 4. The number of aromatic nitrogens is 4. The molecule has 3 fully saturated rings. The largest absolute Gasteiger partial charge is 0.382 e. The van der Waals surface area contributed by atoms with Crippen LogP contribution in [0.4, 0.5) is 5.82 Å². The maximum Gasteiger partial charge on any atom is 0.167 e. The zero-order valence-electron chi connectivity index (χ0n) is 18.1. The highest BCUT2D eigenvalue weighted by Crippen LogP contribution is 2.43. The van der Waals surface area contributed by atoms with Gasteiger partial charge in [0.1, 0.15) is 30.2 Å². The van der Waals surface area contributed by atoms with E-state index < -0.39 is 12.0 Å². The number of morpholine rings is 1. The zero-order valence-corrected chi connectivity index (χ0v) is 18.1. The lowest BCUT2D eigenvalue weighted by atomic mass is 10.1. The van der Waals surface area contributed by atoms with Gasteiger partial charge in [-0.15, -0.1) is 0 Å². The predicted molar refractivity (Wildman–Crippen MR) is 112 cm³/mol. The molecule has 0 amide bonds. The number of nitrogens with zero attached hydrogens (tertiary/aromatic N) is 5. The Balaban J connectivity index is 1.23. The molecular formula is C20H31N7O4. The van der Waals surface area contributed by atoms with Gasteiger partial charge in [0.15, 0.2) is 23.5 Å². The molecule has 31 heavy (non-hydrogen) atoms. The summed E-state index contributed by atoms with van der Waals surface area (Å²) in [5.41, 5.74) is 7.14. The number of anilines is 1. The highest BCUT2D eigenvalue weighted by molar-refractivity contribution is 5.81. The van der Waals surface area contributed by atoms with Gasteiger partial charge in [-0.25, -0.2) is 15.0 Å². The third-order valence-corrected chi connectivity index (χ3v) is 6.06. The summed E-state index contributed by atoms with van der Waals surface area (Å²) in [6.07, 6.45) is 3.22. The topological polar surface area (TPSA) is 122 Å². The number of nitrogens with one attached hydrogen (secondary N) is 1. The Morgan fingerprint density at radius 1 is 1.16 bits per heavy atom. The van der Waals surface area contributed by atoms with Gasteiger partial charge in [0.2, 0.25) is 0 Å². The molecular weight excluding hydrogens is 402 g/mol. The minimum atomic E-state index is -0.670. The summed E-state index contributed by atoms with van der Waals surface area (Å²) in [6, 6.07) is 0. The Hall–Kier alpha value is -1.89. The van der Waals surface area contributed by atoms with E-state index in [1.54, 1.807) is 6.33 Å². The van der Waals surface area contributed by atoms with E-state index in [9.17, 15) is 0 Å². The van der Waals surface area contributed by atoms with Crippen molar-refractivity contribution in [2.24, 2.45) is 0 Å². The Morgan fingerprint density at radius 2 is 1.97 bits per heavy atom. The highest BCUT2D eigenvalue weighted by Gasteiger charge is 2.55. The van der Waals surface area contributed by atoms with Crippen molar-refractivity contribution in [3.8, 4) is 0 Å². The van der Waals surface area contributed by atoms with Gasteiger partial charge in [0.05, 0.1) is 19.5 Å². The molecule has 3 saturated heterocycles. The van der Waals surface area contributed by atoms with Gasteiger partial charge in [-0.3, -0.25) is 9.47 Å². The van der Waals surface area contributed by atoms with Crippen molar-refractivity contribution in [1.82, 2.24) is 29.7 Å². The first-order valence-corrected chi connectivity index (χ1v) is 11.0. The Labute approximate surface area is 181 Å². The Bertz CT molecular complexity index is 901. The van der Waals surface area contributed by atoms with E-state index in [0.29, 0.717) is 23.5 Å². The van der Waals surface area contributed by atoms with Crippen LogP contribution in [0.5, 0.6) is 0 Å². The number of hydrogen-bond acceptors (Lipinski definition) is 10. The average molecular weight is 434 g/mol. The molecule has 2 aromatic rings. The van der Waals surface area contributed by atoms with Crippen molar-refractivity contribution in [3.63, 3.8) is 0 Å². The molecule has 0 radical (unpaired) electrons. The molecule has 0 bridgehead atoms. The average Bonchev–Trinajstić information content (AvgIpc) is 3.40. The Morgan fingerprint density at radius 3 is 2.81 bits per heavy atom. The van der Waals surface area contributed by atoms with E-state index in [2.05, 4.69) is 25.2 Å². The minimum Gasteiger partial charge on any atom is -0.382 e. The van der Waals surface area contributed by atoms with Gasteiger partial charge in [-0.05, 0) is 33.4 Å². The lowest BCUT2D eigenvalue weighted by Crippen LogP contribution is -2.40. The molecule has 3 aliphatic heterocycles. The monoisotopic (exact) mass is 433 g/mol. The summed E-state index contributed by atoms with van der Waals surface area (Å²) in [5, 5.41) is 3.53. The molecule has 11 heteroatoms. The standard InChI is InChI=1S/C20H31N7O4/c1-20(2)30-15-13(10-22-4-3-5-26-6-8-28-9-7-26)29-19(16(15)31-20)27-12-25-14-17(21)23-11-24-18(14)27/h11-13,15-16,19,22H,3-10H2,1-2H3,(H2,21,23,24)/t13-,15-,16-,19-/m1/s1. The highest BCUT2D eigenvalue weighted by atomic mass is 16.8. The SMILES string of the molecule is CC1(C)O[C@@H]2[C@H](O1)[C@@H](CNCCCN1CCOCC1)O[C@H]2n1cnc2c(N)ncnc21. The lowest BCUT2D eigenvalue weighted by molar-refractivity contribution is -0.195. The summed E-state index contributed by atoms with van der Waals surface area (Å²) in [5.74, 6) is -0.322. The van der Waals surface area contributed by atoms with Crippen LogP contribution in [0.1, 0.15) is 26.5 Å². The fourth-order valence-corrected chi connectivity index (χ4v) is 4.60. The third-order valence-electron chi connectivity index (χ3n) is 6.06. The second-order valence-electron chi connectivity index (χ2n) is 8.72. The number of fused-ring (bicyclic) bond motifs is 2. The molecule has 4 atom stereocenters. The summed E-state index contributed by atoms with van der Waals surface area (Å²) in [7, 11) is 0. The number of rotatable bonds is 7. The first kappa shape index (κ1) is 21.0. The van der Waals surface area contributed by atoms with E-state index in [1.807, 2.05) is 18.4 Å². The van der Waals surface area contributed by atoms with Crippen LogP contribution >= 0.6 is 0 Å². The molecule has 170 valence electrons. The zero-order chi connectivity index (χ0) is 21.4. The molecule has 3 N–H and O–H groups in total. The summed E-state index contributed by atoms with van der Waals surface area (Å²) in [4.78, 5) is 15.2. The summed E-state index contributed by atoms with van der Waals surface area (Å²) < 4.78 is 26.1. The smallest absolute Gasteiger partial charge is 0.167 e. The molecule has 0 saturated carbocycles. The van der Waals surface area contributed by atoms with Crippen LogP contribution < -0.4 is 11.1 Å². The summed E-state index contributed by atoms with van der Waals surface area (Å²) in [6.45, 7) is 10.2. The van der Waals surface area contributed by atoms with E-state index in [-0.39, 0.29) is 18.3 Å². The quantitative estimate of drug-likeness (QED) is 0.583. The number of hydrogen-bond donors (Lipinski definition) is 2. The summed E-state index contributed by atoms with van der Waals surface area (Å²) >= 11 is 0. The normalized spacial score (nSPS) is 30.8. The van der Waals surface area contributed by atoms with Gasteiger partial charge < -0.3 is 30.0 Å². The van der Waals surface area contributed by atoms with Gasteiger partial charge in [0.25, 0.3) is 0 Å². The van der Waals surface area contributed by atoms with Crippen LogP contribution in [0.25, 0.3) is 11.2 Å². The fraction of sp³-hybridized carbons (Fsp3) is 0.750. The van der Waals surface area contributed by atoms with Gasteiger partial charge in [-0.1, -0.05) is 0 Å². The minimum absolute atomic E-state index is 0.142. The van der Waals surface area contributed by atoms with Crippen molar-refractivity contribution in [2.75, 3.05) is 51.7 Å². The molecule has 0 unspecified atom stereocenters. The maximum absolute atomic E-state index is 6.39. The van der Waals surface area contributed by atoms with E-state index >= 15 is 0 Å². The Kier molecular flexibility index (Phi) is 5.80. The molecule has 3 aliphatic rings. The number of nitrogens with two attached hydrogens (primary N) is 1. The molecule has 0 aliphatic carbocycles. The molecule has 0 aromatic carbocycles. The van der Waals surface area contributed by atoms with Crippen LogP contribution in [0.3, 0.4) is 0 Å². The second kappa shape index (κ2) is 8.57. The van der Waals surface area contributed by atoms with Crippen molar-refractivity contribution >= 4 is 17.0 Å². The van der Waals surface area contributed by atoms with E-state index in [0.717, 1.165) is 45.8 Å². The van der Waals surface area contributed by atoms with Crippen molar-refractivity contribution in [1.29, 1.82) is 0 Å². The predicted octanol–water partition coefficient (Wildman–Crippen LogP) is 0.138. The molecule has 0 spiro atoms. The van der Waals surface area contributed by atoms with Crippen LogP contribution in [0.2, 0.25) is 0 Å². The first-order chi connectivity index (χ1) is 15.0. The molecule has 11 nitrogen and oxygen atoms in total. The van der Waals surface area contributed by atoms with Gasteiger partial charge >= 0.3 is 0 Å². The number of imidazole rings is 1. The molecule has 2 aromatic heterocycles. The fourth-order valence-electron chi connectivity index (χ4n) is 4.60. The first-order valence-electron chi connectivity index (χ1n) is 11.0. The molecule has 5 heterocycles. The van der Waals surface area contributed by atoms with Gasteiger partial charge in [-0.2, -0.15) is 0 Å². The van der Waals surface area contributed by atoms with Crippen LogP contribution in [0, 0.1) is 0 Å². The van der Waals surface area contributed by atoms with E-state index in [4.69, 9.17) is 24.7 Å². The third kappa shape index (κ3) is 4.26. The van der Waals surface area contributed by atoms with E-state index in [1.165, 1.54) is 6.33 Å². The van der Waals surface area contributed by atoms with Crippen molar-refractivity contribution in [2.45, 2.75) is 50.6 Å². The van der Waals surface area contributed by atoms with Crippen LogP contribution in [0.15, 0.2) is 12.7 Å². The van der Waals surface area contributed by atoms with Crippen molar-refractivity contribution < 1.29 is 18.9 Å². The lowest BCUT2D eigenvalue weighted by Gasteiger charge is -2.27. The van der Waals surface area contributed by atoms with Crippen LogP contribution in [-0.4, -0.2) is 94.5 Å². The maximum atomic E-state index is 6.39.